The molecule has 2 rings (SSSR count). The quantitative estimate of drug-likeness (QED) is 0.867. The topological polar surface area (TPSA) is 50.2 Å². The van der Waals surface area contributed by atoms with E-state index in [0.29, 0.717) is 18.3 Å². The van der Waals surface area contributed by atoms with Crippen LogP contribution in [0, 0.1) is 11.8 Å². The molecule has 0 aromatic carbocycles. The lowest BCUT2D eigenvalue weighted by Crippen LogP contribution is -2.41. The highest BCUT2D eigenvalue weighted by Gasteiger charge is 2.22. The van der Waals surface area contributed by atoms with Gasteiger partial charge in [0, 0.05) is 32.0 Å². The van der Waals surface area contributed by atoms with Gasteiger partial charge in [0.1, 0.15) is 0 Å². The van der Waals surface area contributed by atoms with Crippen LogP contribution in [0.5, 0.6) is 0 Å². The molecule has 0 radical (unpaired) electrons. The molecule has 2 heterocycles. The molecule has 1 aromatic rings. The molecular weight excluding hydrogens is 264 g/mol. The van der Waals surface area contributed by atoms with Crippen molar-refractivity contribution in [3.05, 3.63) is 22.7 Å². The smallest absolute Gasteiger partial charge is 0.293 e. The number of aromatic nitrogens is 2. The number of hydrogen-bond acceptors (Lipinski definition) is 4. The first-order chi connectivity index (χ1) is 10.1. The molecule has 0 amide bonds. The van der Waals surface area contributed by atoms with Gasteiger partial charge in [-0.3, -0.25) is 4.79 Å². The summed E-state index contributed by atoms with van der Waals surface area (Å²) >= 11 is 0. The molecule has 21 heavy (non-hydrogen) atoms. The molecule has 0 aliphatic carbocycles. The van der Waals surface area contributed by atoms with Crippen LogP contribution in [0.3, 0.4) is 0 Å². The van der Waals surface area contributed by atoms with Crippen molar-refractivity contribution in [2.45, 2.75) is 40.2 Å². The molecule has 1 saturated heterocycles. The molecule has 1 aromatic heterocycles. The maximum atomic E-state index is 12.3. The Balaban J connectivity index is 1.88. The van der Waals surface area contributed by atoms with Gasteiger partial charge < -0.3 is 14.8 Å². The van der Waals surface area contributed by atoms with E-state index in [4.69, 9.17) is 0 Å². The highest BCUT2D eigenvalue weighted by atomic mass is 16.1. The van der Waals surface area contributed by atoms with Gasteiger partial charge >= 0.3 is 0 Å². The third kappa shape index (κ3) is 4.30. The molecule has 1 aliphatic heterocycles. The maximum Gasteiger partial charge on any atom is 0.293 e. The van der Waals surface area contributed by atoms with Crippen molar-refractivity contribution in [2.24, 2.45) is 11.8 Å². The SMILES string of the molecule is CCn1ccnc(N2CCC(CNCC(C)C)CC2)c1=O. The van der Waals surface area contributed by atoms with Gasteiger partial charge in [-0.15, -0.1) is 0 Å². The lowest BCUT2D eigenvalue weighted by molar-refractivity contribution is 0.372. The van der Waals surface area contributed by atoms with Gasteiger partial charge in [-0.2, -0.15) is 0 Å². The molecule has 1 fully saturated rings. The molecule has 1 N–H and O–H groups in total. The van der Waals surface area contributed by atoms with Crippen LogP contribution in [-0.2, 0) is 6.54 Å². The van der Waals surface area contributed by atoms with Gasteiger partial charge in [-0.05, 0) is 44.7 Å². The normalized spacial score (nSPS) is 16.7. The number of piperidine rings is 1. The van der Waals surface area contributed by atoms with E-state index in [2.05, 4.69) is 29.0 Å². The Labute approximate surface area is 127 Å². The van der Waals surface area contributed by atoms with Crippen LogP contribution in [0.25, 0.3) is 0 Å². The minimum Gasteiger partial charge on any atom is -0.352 e. The summed E-state index contributed by atoms with van der Waals surface area (Å²) in [5.74, 6) is 2.04. The summed E-state index contributed by atoms with van der Waals surface area (Å²) in [6, 6.07) is 0. The zero-order chi connectivity index (χ0) is 15.2. The van der Waals surface area contributed by atoms with Crippen molar-refractivity contribution in [3.8, 4) is 0 Å². The molecular formula is C16H28N4O. The minimum absolute atomic E-state index is 0.0383. The Kier molecular flexibility index (Phi) is 5.79. The first-order valence-electron chi connectivity index (χ1n) is 8.13. The number of rotatable bonds is 6. The van der Waals surface area contributed by atoms with E-state index in [0.717, 1.165) is 44.9 Å². The summed E-state index contributed by atoms with van der Waals surface area (Å²) in [7, 11) is 0. The van der Waals surface area contributed by atoms with Crippen molar-refractivity contribution < 1.29 is 0 Å². The van der Waals surface area contributed by atoms with Crippen molar-refractivity contribution in [1.29, 1.82) is 0 Å². The standard InChI is InChI=1S/C16H28N4O/c1-4-19-10-7-18-15(16(19)21)20-8-5-14(6-9-20)12-17-11-13(2)3/h7,10,13-14,17H,4-6,8-9,11-12H2,1-3H3. The van der Waals surface area contributed by atoms with Gasteiger partial charge in [0.2, 0.25) is 0 Å². The number of aryl methyl sites for hydroxylation is 1. The number of anilines is 1. The molecule has 0 spiro atoms. The van der Waals surface area contributed by atoms with E-state index in [1.165, 1.54) is 0 Å². The van der Waals surface area contributed by atoms with Crippen LogP contribution in [0.1, 0.15) is 33.6 Å². The molecule has 0 unspecified atom stereocenters. The number of nitrogens with zero attached hydrogens (tertiary/aromatic N) is 3. The maximum absolute atomic E-state index is 12.3. The second kappa shape index (κ2) is 7.59. The summed E-state index contributed by atoms with van der Waals surface area (Å²) in [6.45, 7) is 11.2. The first-order valence-corrected chi connectivity index (χ1v) is 8.13. The molecule has 0 bridgehead atoms. The molecule has 0 saturated carbocycles. The summed E-state index contributed by atoms with van der Waals surface area (Å²) < 4.78 is 1.72. The molecule has 0 atom stereocenters. The summed E-state index contributed by atoms with van der Waals surface area (Å²) in [4.78, 5) is 18.7. The number of nitrogens with one attached hydrogen (secondary N) is 1. The average molecular weight is 292 g/mol. The van der Waals surface area contributed by atoms with E-state index in [1.54, 1.807) is 17.0 Å². The second-order valence-corrected chi connectivity index (χ2v) is 6.32. The Bertz CT molecular complexity index is 489. The molecule has 5 heteroatoms. The fourth-order valence-electron chi connectivity index (χ4n) is 2.83. The van der Waals surface area contributed by atoms with Gasteiger partial charge in [-0.25, -0.2) is 4.98 Å². The van der Waals surface area contributed by atoms with Crippen LogP contribution in [0.4, 0.5) is 5.82 Å². The van der Waals surface area contributed by atoms with E-state index >= 15 is 0 Å². The van der Waals surface area contributed by atoms with Crippen LogP contribution in [0.15, 0.2) is 17.2 Å². The lowest BCUT2D eigenvalue weighted by atomic mass is 9.96. The molecule has 1 aliphatic rings. The lowest BCUT2D eigenvalue weighted by Gasteiger charge is -2.32. The molecule has 5 nitrogen and oxygen atoms in total. The van der Waals surface area contributed by atoms with Gasteiger partial charge in [0.15, 0.2) is 5.82 Å². The predicted molar refractivity (Wildman–Crippen MR) is 86.8 cm³/mol. The minimum atomic E-state index is 0.0383. The molecule has 118 valence electrons. The van der Waals surface area contributed by atoms with Gasteiger partial charge in [-0.1, -0.05) is 13.8 Å². The fraction of sp³-hybridized carbons (Fsp3) is 0.750. The van der Waals surface area contributed by atoms with E-state index in [1.807, 2.05) is 6.92 Å². The number of hydrogen-bond donors (Lipinski definition) is 1. The Hall–Kier alpha value is -1.36. The highest BCUT2D eigenvalue weighted by molar-refractivity contribution is 5.36. The third-order valence-corrected chi connectivity index (χ3v) is 4.14. The van der Waals surface area contributed by atoms with E-state index in [-0.39, 0.29) is 5.56 Å². The monoisotopic (exact) mass is 292 g/mol. The Morgan fingerprint density at radius 2 is 2.10 bits per heavy atom. The van der Waals surface area contributed by atoms with Crippen molar-refractivity contribution in [2.75, 3.05) is 31.1 Å². The van der Waals surface area contributed by atoms with Crippen molar-refractivity contribution in [1.82, 2.24) is 14.9 Å². The van der Waals surface area contributed by atoms with Crippen molar-refractivity contribution >= 4 is 5.82 Å². The second-order valence-electron chi connectivity index (χ2n) is 6.32. The average Bonchev–Trinajstić information content (AvgIpc) is 2.48. The van der Waals surface area contributed by atoms with E-state index < -0.39 is 0 Å². The summed E-state index contributed by atoms with van der Waals surface area (Å²) in [5.41, 5.74) is 0.0383. The zero-order valence-corrected chi connectivity index (χ0v) is 13.5. The Morgan fingerprint density at radius 3 is 2.71 bits per heavy atom. The summed E-state index contributed by atoms with van der Waals surface area (Å²) in [5, 5.41) is 3.54. The van der Waals surface area contributed by atoms with Crippen LogP contribution in [-0.4, -0.2) is 35.7 Å². The highest BCUT2D eigenvalue weighted by Crippen LogP contribution is 2.19. The van der Waals surface area contributed by atoms with Crippen LogP contribution < -0.4 is 15.8 Å². The zero-order valence-electron chi connectivity index (χ0n) is 13.5. The predicted octanol–water partition coefficient (Wildman–Crippen LogP) is 1.73. The summed E-state index contributed by atoms with van der Waals surface area (Å²) in [6.07, 6.45) is 5.76. The fourth-order valence-corrected chi connectivity index (χ4v) is 2.83. The van der Waals surface area contributed by atoms with Crippen LogP contribution >= 0.6 is 0 Å². The largest absolute Gasteiger partial charge is 0.352 e. The van der Waals surface area contributed by atoms with Gasteiger partial charge in [0.25, 0.3) is 5.56 Å². The van der Waals surface area contributed by atoms with Crippen molar-refractivity contribution in [3.63, 3.8) is 0 Å². The third-order valence-electron chi connectivity index (χ3n) is 4.14. The first kappa shape index (κ1) is 16.0. The Morgan fingerprint density at radius 1 is 1.38 bits per heavy atom. The van der Waals surface area contributed by atoms with E-state index in [9.17, 15) is 4.79 Å². The van der Waals surface area contributed by atoms with Gasteiger partial charge in [0.05, 0.1) is 0 Å². The van der Waals surface area contributed by atoms with Crippen LogP contribution in [0.2, 0.25) is 0 Å².